The van der Waals surface area contributed by atoms with Gasteiger partial charge in [0.1, 0.15) is 11.2 Å². The molecule has 10 rings (SSSR count). The third kappa shape index (κ3) is 4.79. The van der Waals surface area contributed by atoms with Crippen LogP contribution in [0.2, 0.25) is 0 Å². The molecule has 0 saturated carbocycles. The first kappa shape index (κ1) is 28.6. The average Bonchev–Trinajstić information content (AvgIpc) is 3.76. The number of nitrogens with zero attached hydrogens (tertiary/aromatic N) is 3. The standard InChI is InChI=1S/C45H27N3OS/c1-3-12-28(13-4-1)43-46-44(29-14-5-2-6-15-29)48-45(47-43)36-19-11-18-32(30-22-24-35-34-17-8-10-21-40(34)50-41(35)27-30)42(36)31-23-25-39-37(26-31)33-16-7-9-20-38(33)49-39/h1-27H. The lowest BCUT2D eigenvalue weighted by atomic mass is 9.89. The monoisotopic (exact) mass is 657 g/mol. The third-order valence-corrected chi connectivity index (χ3v) is 10.5. The van der Waals surface area contributed by atoms with Crippen molar-refractivity contribution < 1.29 is 4.42 Å². The predicted octanol–water partition coefficient (Wildman–Crippen LogP) is 12.5. The largest absolute Gasteiger partial charge is 0.456 e. The molecule has 0 unspecified atom stereocenters. The topological polar surface area (TPSA) is 51.8 Å². The minimum absolute atomic E-state index is 0.620. The minimum atomic E-state index is 0.620. The molecule has 0 aliphatic heterocycles. The lowest BCUT2D eigenvalue weighted by molar-refractivity contribution is 0.669. The van der Waals surface area contributed by atoms with Gasteiger partial charge < -0.3 is 4.42 Å². The fourth-order valence-electron chi connectivity index (χ4n) is 6.99. The zero-order valence-corrected chi connectivity index (χ0v) is 27.6. The van der Waals surface area contributed by atoms with Crippen molar-refractivity contribution in [1.29, 1.82) is 0 Å². The number of fused-ring (bicyclic) bond motifs is 6. The van der Waals surface area contributed by atoms with Crippen molar-refractivity contribution in [3.05, 3.63) is 164 Å². The second-order valence-corrected chi connectivity index (χ2v) is 13.5. The highest BCUT2D eigenvalue weighted by atomic mass is 32.1. The van der Waals surface area contributed by atoms with E-state index in [1.54, 1.807) is 0 Å². The number of benzene rings is 7. The fourth-order valence-corrected chi connectivity index (χ4v) is 8.14. The highest BCUT2D eigenvalue weighted by Gasteiger charge is 2.21. The van der Waals surface area contributed by atoms with Crippen LogP contribution in [0.4, 0.5) is 0 Å². The molecule has 10 aromatic rings. The molecular weight excluding hydrogens is 631 g/mol. The van der Waals surface area contributed by atoms with Gasteiger partial charge in [-0.3, -0.25) is 0 Å². The maximum atomic E-state index is 6.25. The van der Waals surface area contributed by atoms with Gasteiger partial charge in [-0.05, 0) is 47.0 Å². The van der Waals surface area contributed by atoms with Crippen LogP contribution in [0.15, 0.2) is 168 Å². The quantitative estimate of drug-likeness (QED) is 0.185. The Balaban J connectivity index is 1.26. The van der Waals surface area contributed by atoms with Crippen LogP contribution >= 0.6 is 11.3 Å². The van der Waals surface area contributed by atoms with Gasteiger partial charge in [-0.1, -0.05) is 133 Å². The zero-order valence-electron chi connectivity index (χ0n) is 26.7. The Bertz CT molecular complexity index is 2820. The summed E-state index contributed by atoms with van der Waals surface area (Å²) in [4.78, 5) is 15.3. The number of aromatic nitrogens is 3. The summed E-state index contributed by atoms with van der Waals surface area (Å²) >= 11 is 1.83. The molecule has 0 aliphatic rings. The molecule has 5 heteroatoms. The van der Waals surface area contributed by atoms with Gasteiger partial charge in [-0.25, -0.2) is 15.0 Å². The molecule has 4 nitrogen and oxygen atoms in total. The second kappa shape index (κ2) is 11.6. The second-order valence-electron chi connectivity index (χ2n) is 12.4. The molecule has 0 N–H and O–H groups in total. The average molecular weight is 658 g/mol. The van der Waals surface area contributed by atoms with Crippen molar-refractivity contribution in [1.82, 2.24) is 15.0 Å². The molecule has 0 aliphatic carbocycles. The normalized spacial score (nSPS) is 11.6. The van der Waals surface area contributed by atoms with E-state index in [2.05, 4.69) is 91.0 Å². The molecule has 0 amide bonds. The van der Waals surface area contributed by atoms with E-state index in [4.69, 9.17) is 19.4 Å². The molecule has 50 heavy (non-hydrogen) atoms. The summed E-state index contributed by atoms with van der Waals surface area (Å²) in [6, 6.07) is 56.9. The van der Waals surface area contributed by atoms with Gasteiger partial charge in [-0.2, -0.15) is 0 Å². The number of hydrogen-bond donors (Lipinski definition) is 0. The van der Waals surface area contributed by atoms with Gasteiger partial charge in [0.2, 0.25) is 0 Å². The van der Waals surface area contributed by atoms with E-state index in [-0.39, 0.29) is 0 Å². The van der Waals surface area contributed by atoms with Gasteiger partial charge in [-0.15, -0.1) is 11.3 Å². The highest BCUT2D eigenvalue weighted by Crippen LogP contribution is 2.44. The maximum Gasteiger partial charge on any atom is 0.164 e. The highest BCUT2D eigenvalue weighted by molar-refractivity contribution is 7.25. The lowest BCUT2D eigenvalue weighted by Crippen LogP contribution is -2.01. The van der Waals surface area contributed by atoms with Crippen LogP contribution < -0.4 is 0 Å². The molecule has 0 bridgehead atoms. The van der Waals surface area contributed by atoms with E-state index in [1.165, 1.54) is 20.2 Å². The van der Waals surface area contributed by atoms with Crippen LogP contribution in [-0.4, -0.2) is 15.0 Å². The first-order valence-corrected chi connectivity index (χ1v) is 17.4. The first-order chi connectivity index (χ1) is 24.8. The van der Waals surface area contributed by atoms with Crippen molar-refractivity contribution in [2.45, 2.75) is 0 Å². The number of rotatable bonds is 5. The number of hydrogen-bond acceptors (Lipinski definition) is 5. The molecule has 0 atom stereocenters. The molecular formula is C45H27N3OS. The van der Waals surface area contributed by atoms with Gasteiger partial charge >= 0.3 is 0 Å². The fraction of sp³-hybridized carbons (Fsp3) is 0. The summed E-state index contributed by atoms with van der Waals surface area (Å²) in [6.07, 6.45) is 0. The molecule has 0 radical (unpaired) electrons. The Hall–Kier alpha value is -6.43. The van der Waals surface area contributed by atoms with E-state index in [0.29, 0.717) is 17.5 Å². The van der Waals surface area contributed by atoms with Gasteiger partial charge in [0.15, 0.2) is 17.5 Å². The summed E-state index contributed by atoms with van der Waals surface area (Å²) in [5.41, 5.74) is 8.91. The van der Waals surface area contributed by atoms with E-state index in [1.807, 2.05) is 84.1 Å². The van der Waals surface area contributed by atoms with Crippen LogP contribution in [-0.2, 0) is 0 Å². The van der Waals surface area contributed by atoms with Crippen LogP contribution in [0.25, 0.3) is 98.5 Å². The van der Waals surface area contributed by atoms with Crippen molar-refractivity contribution >= 4 is 53.4 Å². The number of furan rings is 1. The van der Waals surface area contributed by atoms with E-state index < -0.39 is 0 Å². The molecule has 0 fully saturated rings. The first-order valence-electron chi connectivity index (χ1n) is 16.6. The molecule has 0 saturated heterocycles. The van der Waals surface area contributed by atoms with Crippen molar-refractivity contribution in [2.24, 2.45) is 0 Å². The summed E-state index contributed by atoms with van der Waals surface area (Å²) in [5, 5.41) is 4.73. The summed E-state index contributed by atoms with van der Waals surface area (Å²) < 4.78 is 8.80. The van der Waals surface area contributed by atoms with E-state index >= 15 is 0 Å². The number of para-hydroxylation sites is 1. The lowest BCUT2D eigenvalue weighted by Gasteiger charge is -2.17. The van der Waals surface area contributed by atoms with Crippen LogP contribution in [0.3, 0.4) is 0 Å². The molecule has 7 aromatic carbocycles. The SMILES string of the molecule is c1ccc(-c2nc(-c3ccccc3)nc(-c3cccc(-c4ccc5c(c4)sc4ccccc45)c3-c3ccc4oc5ccccc5c4c3)n2)cc1. The molecule has 0 spiro atoms. The zero-order chi connectivity index (χ0) is 33.0. The van der Waals surface area contributed by atoms with Crippen LogP contribution in [0.5, 0.6) is 0 Å². The Morgan fingerprint density at radius 2 is 0.960 bits per heavy atom. The summed E-state index contributed by atoms with van der Waals surface area (Å²) in [7, 11) is 0. The van der Waals surface area contributed by atoms with Gasteiger partial charge in [0.25, 0.3) is 0 Å². The minimum Gasteiger partial charge on any atom is -0.456 e. The van der Waals surface area contributed by atoms with Crippen LogP contribution in [0.1, 0.15) is 0 Å². The summed E-state index contributed by atoms with van der Waals surface area (Å²) in [5.74, 6) is 1.89. The number of thiophene rings is 1. The Labute approximate surface area is 292 Å². The molecule has 3 aromatic heterocycles. The van der Waals surface area contributed by atoms with Gasteiger partial charge in [0.05, 0.1) is 0 Å². The summed E-state index contributed by atoms with van der Waals surface area (Å²) in [6.45, 7) is 0. The third-order valence-electron chi connectivity index (χ3n) is 9.36. The van der Waals surface area contributed by atoms with Crippen molar-refractivity contribution in [3.8, 4) is 56.4 Å². The van der Waals surface area contributed by atoms with Crippen molar-refractivity contribution in [3.63, 3.8) is 0 Å². The van der Waals surface area contributed by atoms with Crippen molar-refractivity contribution in [2.75, 3.05) is 0 Å². The molecule has 234 valence electrons. The van der Waals surface area contributed by atoms with Crippen LogP contribution in [0, 0.1) is 0 Å². The van der Waals surface area contributed by atoms with E-state index in [0.717, 1.165) is 60.9 Å². The maximum absolute atomic E-state index is 6.25. The Morgan fingerprint density at radius 1 is 0.360 bits per heavy atom. The predicted molar refractivity (Wildman–Crippen MR) is 207 cm³/mol. The Morgan fingerprint density at radius 3 is 1.74 bits per heavy atom. The van der Waals surface area contributed by atoms with Gasteiger partial charge in [0, 0.05) is 53.2 Å². The van der Waals surface area contributed by atoms with E-state index in [9.17, 15) is 0 Å². The molecule has 3 heterocycles. The Kier molecular flexibility index (Phi) is 6.64. The smallest absolute Gasteiger partial charge is 0.164 e.